The van der Waals surface area contributed by atoms with Crippen molar-refractivity contribution in [3.8, 4) is 5.75 Å². The van der Waals surface area contributed by atoms with E-state index in [9.17, 15) is 4.79 Å². The van der Waals surface area contributed by atoms with Crippen LogP contribution in [0.4, 0.5) is 0 Å². The number of halogens is 1. The molecule has 0 radical (unpaired) electrons. The van der Waals surface area contributed by atoms with Crippen LogP contribution in [0.2, 0.25) is 0 Å². The second-order valence-corrected chi connectivity index (χ2v) is 7.52. The fourth-order valence-corrected chi connectivity index (χ4v) is 4.21. The van der Waals surface area contributed by atoms with Crippen LogP contribution in [-0.2, 0) is 16.0 Å². The van der Waals surface area contributed by atoms with Crippen molar-refractivity contribution >= 4 is 18.4 Å². The van der Waals surface area contributed by atoms with Crippen molar-refractivity contribution in [1.82, 2.24) is 4.90 Å². The summed E-state index contributed by atoms with van der Waals surface area (Å²) in [6.45, 7) is 5.93. The Morgan fingerprint density at radius 2 is 1.64 bits per heavy atom. The lowest BCUT2D eigenvalue weighted by atomic mass is 10.1. The van der Waals surface area contributed by atoms with Crippen molar-refractivity contribution in [3.63, 3.8) is 0 Å². The van der Waals surface area contributed by atoms with Gasteiger partial charge in [-0.2, -0.15) is 0 Å². The number of esters is 1. The molecule has 150 valence electrons. The van der Waals surface area contributed by atoms with E-state index < -0.39 is 0 Å². The second-order valence-electron chi connectivity index (χ2n) is 7.52. The van der Waals surface area contributed by atoms with E-state index in [-0.39, 0.29) is 24.3 Å². The number of ether oxygens (including phenoxy) is 2. The summed E-state index contributed by atoms with van der Waals surface area (Å²) >= 11 is 0. The lowest BCUT2D eigenvalue weighted by molar-refractivity contribution is -0.145. The van der Waals surface area contributed by atoms with Crippen molar-refractivity contribution in [2.24, 2.45) is 17.8 Å². The van der Waals surface area contributed by atoms with Gasteiger partial charge in [0.25, 0.3) is 0 Å². The zero-order valence-corrected chi connectivity index (χ0v) is 17.1. The molecule has 1 saturated carbocycles. The number of hydrogen-bond acceptors (Lipinski definition) is 4. The molecule has 1 heterocycles. The zero-order valence-electron chi connectivity index (χ0n) is 16.3. The van der Waals surface area contributed by atoms with Crippen molar-refractivity contribution in [2.75, 3.05) is 32.8 Å². The monoisotopic (exact) mass is 401 g/mol. The average molecular weight is 402 g/mol. The minimum absolute atomic E-state index is 0. The van der Waals surface area contributed by atoms with E-state index in [2.05, 4.69) is 53.4 Å². The molecule has 2 aromatic carbocycles. The predicted octanol–water partition coefficient (Wildman–Crippen LogP) is 3.82. The number of nitrogens with zero attached hydrogens (tertiary/aromatic N) is 1. The number of hydrogen-bond donors (Lipinski definition) is 0. The van der Waals surface area contributed by atoms with Crippen LogP contribution in [0.5, 0.6) is 5.75 Å². The number of fused-ring (bicyclic) bond motifs is 1. The lowest BCUT2D eigenvalue weighted by Gasteiger charge is -2.19. The minimum atomic E-state index is -0.000933. The third-order valence-corrected chi connectivity index (χ3v) is 5.68. The minimum Gasteiger partial charge on any atom is -0.492 e. The van der Waals surface area contributed by atoms with E-state index >= 15 is 0 Å². The van der Waals surface area contributed by atoms with Gasteiger partial charge < -0.3 is 9.47 Å². The quantitative estimate of drug-likeness (QED) is 0.630. The molecule has 1 aliphatic carbocycles. The Labute approximate surface area is 173 Å². The molecule has 2 fully saturated rings. The summed E-state index contributed by atoms with van der Waals surface area (Å²) in [6, 6.07) is 18.9. The molecule has 0 bridgehead atoms. The van der Waals surface area contributed by atoms with E-state index in [0.717, 1.165) is 31.8 Å². The largest absolute Gasteiger partial charge is 0.492 e. The molecule has 2 unspecified atom stereocenters. The van der Waals surface area contributed by atoms with Crippen LogP contribution in [0.3, 0.4) is 0 Å². The van der Waals surface area contributed by atoms with E-state index in [4.69, 9.17) is 9.47 Å². The van der Waals surface area contributed by atoms with Gasteiger partial charge in [-0.3, -0.25) is 9.69 Å². The summed E-state index contributed by atoms with van der Waals surface area (Å²) in [7, 11) is 0. The Balaban J connectivity index is 0.00000225. The fraction of sp³-hybridized carbons (Fsp3) is 0.435. The van der Waals surface area contributed by atoms with Crippen LogP contribution in [-0.4, -0.2) is 43.7 Å². The number of piperidine rings is 1. The highest BCUT2D eigenvalue weighted by Crippen LogP contribution is 2.52. The van der Waals surface area contributed by atoms with Gasteiger partial charge in [0, 0.05) is 19.6 Å². The van der Waals surface area contributed by atoms with Gasteiger partial charge in [-0.15, -0.1) is 12.4 Å². The highest BCUT2D eigenvalue weighted by atomic mass is 35.5. The van der Waals surface area contributed by atoms with Crippen LogP contribution >= 0.6 is 12.4 Å². The zero-order chi connectivity index (χ0) is 18.6. The predicted molar refractivity (Wildman–Crippen MR) is 112 cm³/mol. The molecule has 0 amide bonds. The van der Waals surface area contributed by atoms with Gasteiger partial charge in [-0.25, -0.2) is 0 Å². The van der Waals surface area contributed by atoms with Crippen LogP contribution in [0.25, 0.3) is 0 Å². The summed E-state index contributed by atoms with van der Waals surface area (Å²) < 4.78 is 11.0. The topological polar surface area (TPSA) is 38.8 Å². The summed E-state index contributed by atoms with van der Waals surface area (Å²) in [5, 5.41) is 0. The Kier molecular flexibility index (Phi) is 6.97. The first-order valence-corrected chi connectivity index (χ1v) is 9.89. The van der Waals surface area contributed by atoms with E-state index in [0.29, 0.717) is 25.0 Å². The summed E-state index contributed by atoms with van der Waals surface area (Å²) in [6.07, 6.45) is 0.944. The van der Waals surface area contributed by atoms with Gasteiger partial charge in [0.05, 0.1) is 12.5 Å². The highest BCUT2D eigenvalue weighted by molar-refractivity contribution is 5.85. The van der Waals surface area contributed by atoms with Crippen LogP contribution in [0.1, 0.15) is 18.1 Å². The summed E-state index contributed by atoms with van der Waals surface area (Å²) in [4.78, 5) is 14.2. The number of carbonyl (C=O) groups excluding carboxylic acids is 1. The third kappa shape index (κ3) is 4.86. The van der Waals surface area contributed by atoms with E-state index in [1.807, 2.05) is 13.0 Å². The molecular formula is C23H28ClNO3. The maximum Gasteiger partial charge on any atom is 0.309 e. The maximum atomic E-state index is 11.8. The summed E-state index contributed by atoms with van der Waals surface area (Å²) in [5.41, 5.74) is 2.61. The molecule has 1 saturated heterocycles. The molecule has 4 rings (SSSR count). The van der Waals surface area contributed by atoms with Gasteiger partial charge in [-0.05, 0) is 48.4 Å². The maximum absolute atomic E-state index is 11.8. The standard InChI is InChI=1S/C23H27NO3.ClH/c1-2-26-23(25)22-20-15-24(16-21(20)22)12-13-27-19-10-8-18(9-11-19)14-17-6-4-3-5-7-17;/h3-11,20-22H,2,12-16H2,1H3;1H. The Morgan fingerprint density at radius 3 is 2.29 bits per heavy atom. The third-order valence-electron chi connectivity index (χ3n) is 5.68. The van der Waals surface area contributed by atoms with Crippen LogP contribution < -0.4 is 4.74 Å². The number of likely N-dealkylation sites (tertiary alicyclic amines) is 1. The normalized spacial score (nSPS) is 22.8. The Hall–Kier alpha value is -2.04. The molecule has 1 aliphatic heterocycles. The van der Waals surface area contributed by atoms with Gasteiger partial charge in [0.1, 0.15) is 12.4 Å². The summed E-state index contributed by atoms with van der Waals surface area (Å²) in [5.74, 6) is 2.07. The number of benzene rings is 2. The highest BCUT2D eigenvalue weighted by Gasteiger charge is 2.59. The van der Waals surface area contributed by atoms with Gasteiger partial charge in [0.15, 0.2) is 0 Å². The van der Waals surface area contributed by atoms with Crippen molar-refractivity contribution in [2.45, 2.75) is 13.3 Å². The molecule has 2 aliphatic rings. The van der Waals surface area contributed by atoms with E-state index in [1.165, 1.54) is 11.1 Å². The lowest BCUT2D eigenvalue weighted by Crippen LogP contribution is -2.30. The SMILES string of the molecule is CCOC(=O)C1C2CN(CCOc3ccc(Cc4ccccc4)cc3)CC21.Cl. The molecule has 28 heavy (non-hydrogen) atoms. The van der Waals surface area contributed by atoms with Crippen molar-refractivity contribution in [3.05, 3.63) is 65.7 Å². The van der Waals surface area contributed by atoms with Gasteiger partial charge in [0.2, 0.25) is 0 Å². The first-order chi connectivity index (χ1) is 13.2. The average Bonchev–Trinajstić information content (AvgIpc) is 3.20. The number of rotatable bonds is 8. The first-order valence-electron chi connectivity index (χ1n) is 9.89. The molecule has 0 N–H and O–H groups in total. The van der Waals surface area contributed by atoms with Crippen molar-refractivity contribution < 1.29 is 14.3 Å². The molecule has 2 atom stereocenters. The van der Waals surface area contributed by atoms with E-state index in [1.54, 1.807) is 0 Å². The second kappa shape index (κ2) is 9.44. The molecule has 5 heteroatoms. The fourth-order valence-electron chi connectivity index (χ4n) is 4.21. The molecule has 0 spiro atoms. The Morgan fingerprint density at radius 1 is 1.00 bits per heavy atom. The van der Waals surface area contributed by atoms with Crippen molar-refractivity contribution in [1.29, 1.82) is 0 Å². The molecule has 2 aromatic rings. The van der Waals surface area contributed by atoms with Crippen LogP contribution in [0, 0.1) is 17.8 Å². The van der Waals surface area contributed by atoms with Gasteiger partial charge >= 0.3 is 5.97 Å². The number of carbonyl (C=O) groups is 1. The molecular weight excluding hydrogens is 374 g/mol. The van der Waals surface area contributed by atoms with Crippen LogP contribution in [0.15, 0.2) is 54.6 Å². The first kappa shape index (κ1) is 20.7. The molecule has 0 aromatic heterocycles. The molecule has 4 nitrogen and oxygen atoms in total. The Bertz CT molecular complexity index is 753. The smallest absolute Gasteiger partial charge is 0.309 e. The van der Waals surface area contributed by atoms with Gasteiger partial charge in [-0.1, -0.05) is 42.5 Å².